The van der Waals surface area contributed by atoms with Gasteiger partial charge in [0.1, 0.15) is 12.4 Å². The van der Waals surface area contributed by atoms with E-state index in [0.717, 1.165) is 16.9 Å². The van der Waals surface area contributed by atoms with Gasteiger partial charge in [0.25, 0.3) is 0 Å². The molecule has 0 aliphatic carbocycles. The van der Waals surface area contributed by atoms with Gasteiger partial charge in [0.15, 0.2) is 14.6 Å². The van der Waals surface area contributed by atoms with Gasteiger partial charge in [-0.15, -0.1) is 0 Å². The summed E-state index contributed by atoms with van der Waals surface area (Å²) in [5, 5.41) is 0. The zero-order valence-electron chi connectivity index (χ0n) is 17.7. The molecule has 0 atom stereocenters. The molecule has 2 aromatic carbocycles. The minimum Gasteiger partial charge on any atom is -0.465 e. The molecule has 0 spiro atoms. The Kier molecular flexibility index (Phi) is 7.57. The molecule has 0 bridgehead atoms. The van der Waals surface area contributed by atoms with E-state index in [9.17, 15) is 22.4 Å². The number of nitrogens with zero attached hydrogens (tertiary/aromatic N) is 2. The summed E-state index contributed by atoms with van der Waals surface area (Å²) in [4.78, 5) is 28.8. The van der Waals surface area contributed by atoms with Crippen LogP contribution in [-0.2, 0) is 30.7 Å². The summed E-state index contributed by atoms with van der Waals surface area (Å²) in [6, 6.07) is 11.0. The van der Waals surface area contributed by atoms with Crippen LogP contribution in [0.25, 0.3) is 10.2 Å². The van der Waals surface area contributed by atoms with Crippen molar-refractivity contribution < 1.29 is 27.1 Å². The molecule has 3 aromatic rings. The summed E-state index contributed by atoms with van der Waals surface area (Å²) in [6.07, 6.45) is -0.00307. The number of rotatable bonds is 8. The Bertz CT molecular complexity index is 1310. The second-order valence-corrected chi connectivity index (χ2v) is 10.2. The number of carbonyl (C=O) groups excluding carboxylic acids is 2. The minimum absolute atomic E-state index is 0.0929. The quantitative estimate of drug-likeness (QED) is 0.463. The molecule has 1 aromatic heterocycles. The van der Waals surface area contributed by atoms with E-state index in [1.165, 1.54) is 16.7 Å². The van der Waals surface area contributed by atoms with Crippen LogP contribution in [0.15, 0.2) is 52.4 Å². The molecule has 10 heteroatoms. The third-order valence-electron chi connectivity index (χ3n) is 4.65. The summed E-state index contributed by atoms with van der Waals surface area (Å²) in [7, 11) is -3.51. The number of halogens is 1. The number of hydrogen-bond acceptors (Lipinski definition) is 6. The molecule has 7 nitrogen and oxygen atoms in total. The largest absolute Gasteiger partial charge is 0.465 e. The lowest BCUT2D eigenvalue weighted by atomic mass is 10.2. The van der Waals surface area contributed by atoms with Crippen molar-refractivity contribution in [2.45, 2.75) is 38.1 Å². The van der Waals surface area contributed by atoms with Gasteiger partial charge in [-0.05, 0) is 44.5 Å². The highest BCUT2D eigenvalue weighted by molar-refractivity contribution is 7.91. The molecule has 1 amide bonds. The van der Waals surface area contributed by atoms with E-state index in [1.54, 1.807) is 37.3 Å². The molecule has 0 unspecified atom stereocenters. The normalized spacial score (nSPS) is 12.3. The van der Waals surface area contributed by atoms with Crippen LogP contribution in [0.2, 0.25) is 0 Å². The molecule has 0 aliphatic heterocycles. The van der Waals surface area contributed by atoms with Crippen LogP contribution in [0, 0.1) is 12.7 Å². The molecule has 32 heavy (non-hydrogen) atoms. The molecule has 0 radical (unpaired) electrons. The van der Waals surface area contributed by atoms with Gasteiger partial charge in [0.2, 0.25) is 5.91 Å². The number of carbonyl (C=O) groups is 2. The van der Waals surface area contributed by atoms with Gasteiger partial charge in [0, 0.05) is 6.42 Å². The summed E-state index contributed by atoms with van der Waals surface area (Å²) < 4.78 is 46.1. The molecule has 3 rings (SSSR count). The Morgan fingerprint density at radius 3 is 2.56 bits per heavy atom. The molecule has 0 N–H and O–H groups in total. The van der Waals surface area contributed by atoms with Crippen molar-refractivity contribution in [2.24, 2.45) is 4.99 Å². The van der Waals surface area contributed by atoms with E-state index in [2.05, 4.69) is 4.99 Å². The second kappa shape index (κ2) is 10.2. The SMILES string of the molecule is CCOC(=O)Cn1c(=NC(=O)CCCS(=O)(=O)c2ccc(C)cc2)sc2cccc(F)c21. The molecule has 170 valence electrons. The lowest BCUT2D eigenvalue weighted by molar-refractivity contribution is -0.143. The molecule has 0 saturated carbocycles. The predicted molar refractivity (Wildman–Crippen MR) is 119 cm³/mol. The zero-order chi connectivity index (χ0) is 23.3. The Morgan fingerprint density at radius 1 is 1.16 bits per heavy atom. The average molecular weight is 479 g/mol. The lowest BCUT2D eigenvalue weighted by Gasteiger charge is -2.06. The standard InChI is InChI=1S/C22H23FN2O5S2/c1-3-30-20(27)14-25-21-17(23)6-4-7-18(21)31-22(25)24-19(26)8-5-13-32(28,29)16-11-9-15(2)10-12-16/h4,6-7,9-12H,3,5,8,13-14H2,1-2H3. The highest BCUT2D eigenvalue weighted by Gasteiger charge is 2.17. The van der Waals surface area contributed by atoms with Crippen molar-refractivity contribution in [2.75, 3.05) is 12.4 Å². The lowest BCUT2D eigenvalue weighted by Crippen LogP contribution is -2.23. The van der Waals surface area contributed by atoms with Gasteiger partial charge in [-0.3, -0.25) is 9.59 Å². The van der Waals surface area contributed by atoms with Crippen LogP contribution in [-0.4, -0.2) is 37.2 Å². The van der Waals surface area contributed by atoms with E-state index in [-0.39, 0.29) is 47.0 Å². The average Bonchev–Trinajstić information content (AvgIpc) is 3.06. The Labute approximate surface area is 189 Å². The van der Waals surface area contributed by atoms with Gasteiger partial charge >= 0.3 is 5.97 Å². The molecule has 1 heterocycles. The maximum atomic E-state index is 14.4. The number of para-hydroxylation sites is 1. The first kappa shape index (κ1) is 23.8. The maximum absolute atomic E-state index is 14.4. The first-order chi connectivity index (χ1) is 15.2. The fourth-order valence-electron chi connectivity index (χ4n) is 3.09. The van der Waals surface area contributed by atoms with Crippen molar-refractivity contribution in [3.8, 4) is 0 Å². The highest BCUT2D eigenvalue weighted by Crippen LogP contribution is 2.20. The molecule has 0 fully saturated rings. The third kappa shape index (κ3) is 5.68. The maximum Gasteiger partial charge on any atom is 0.326 e. The zero-order valence-corrected chi connectivity index (χ0v) is 19.3. The molecular weight excluding hydrogens is 455 g/mol. The molecule has 0 aliphatic rings. The number of fused-ring (bicyclic) bond motifs is 1. The number of esters is 1. The summed E-state index contributed by atoms with van der Waals surface area (Å²) in [5.74, 6) is -1.86. The van der Waals surface area contributed by atoms with Gasteiger partial charge in [-0.1, -0.05) is 35.1 Å². The van der Waals surface area contributed by atoms with Crippen LogP contribution in [0.5, 0.6) is 0 Å². The summed E-state index contributed by atoms with van der Waals surface area (Å²) in [5.41, 5.74) is 1.12. The number of benzene rings is 2. The smallest absolute Gasteiger partial charge is 0.326 e. The van der Waals surface area contributed by atoms with E-state index >= 15 is 0 Å². The van der Waals surface area contributed by atoms with Crippen molar-refractivity contribution in [1.29, 1.82) is 0 Å². The number of thiazole rings is 1. The van der Waals surface area contributed by atoms with E-state index in [4.69, 9.17) is 4.74 Å². The second-order valence-electron chi connectivity index (χ2n) is 7.10. The fraction of sp³-hybridized carbons (Fsp3) is 0.318. The van der Waals surface area contributed by atoms with Gasteiger partial charge in [0.05, 0.1) is 27.5 Å². The van der Waals surface area contributed by atoms with Crippen LogP contribution < -0.4 is 4.80 Å². The van der Waals surface area contributed by atoms with Crippen molar-refractivity contribution in [3.63, 3.8) is 0 Å². The molecular formula is C22H23FN2O5S2. The Balaban J connectivity index is 1.79. The predicted octanol–water partition coefficient (Wildman–Crippen LogP) is 3.39. The monoisotopic (exact) mass is 478 g/mol. The van der Waals surface area contributed by atoms with E-state index in [0.29, 0.717) is 4.70 Å². The van der Waals surface area contributed by atoms with Gasteiger partial charge in [-0.25, -0.2) is 12.8 Å². The number of sulfone groups is 1. The Hall–Kier alpha value is -2.85. The van der Waals surface area contributed by atoms with Crippen molar-refractivity contribution in [1.82, 2.24) is 4.57 Å². The van der Waals surface area contributed by atoms with Crippen LogP contribution in [0.1, 0.15) is 25.3 Å². The number of amides is 1. The van der Waals surface area contributed by atoms with Crippen molar-refractivity contribution in [3.05, 3.63) is 58.6 Å². The first-order valence-corrected chi connectivity index (χ1v) is 12.5. The third-order valence-corrected chi connectivity index (χ3v) is 7.51. The fourth-order valence-corrected chi connectivity index (χ4v) is 5.47. The number of ether oxygens (including phenoxy) is 1. The van der Waals surface area contributed by atoms with Gasteiger partial charge < -0.3 is 9.30 Å². The van der Waals surface area contributed by atoms with Crippen LogP contribution in [0.3, 0.4) is 0 Å². The van der Waals surface area contributed by atoms with Crippen molar-refractivity contribution >= 4 is 43.3 Å². The number of aromatic nitrogens is 1. The first-order valence-electron chi connectivity index (χ1n) is 10.0. The van der Waals surface area contributed by atoms with Crippen LogP contribution >= 0.6 is 11.3 Å². The Morgan fingerprint density at radius 2 is 1.88 bits per heavy atom. The highest BCUT2D eigenvalue weighted by atomic mass is 32.2. The van der Waals surface area contributed by atoms with Gasteiger partial charge in [-0.2, -0.15) is 4.99 Å². The van der Waals surface area contributed by atoms with E-state index < -0.39 is 27.5 Å². The molecule has 0 saturated heterocycles. The number of hydrogen-bond donors (Lipinski definition) is 0. The minimum atomic E-state index is -3.51. The topological polar surface area (TPSA) is 94.8 Å². The van der Waals surface area contributed by atoms with E-state index in [1.807, 2.05) is 6.92 Å². The van der Waals surface area contributed by atoms with Crippen LogP contribution in [0.4, 0.5) is 4.39 Å². The number of aryl methyl sites for hydroxylation is 1. The summed E-state index contributed by atoms with van der Waals surface area (Å²) in [6.45, 7) is 3.41. The summed E-state index contributed by atoms with van der Waals surface area (Å²) >= 11 is 1.07.